The Morgan fingerprint density at radius 2 is 1.95 bits per heavy atom. The maximum atomic E-state index is 11.9. The van der Waals surface area contributed by atoms with Gasteiger partial charge in [-0.05, 0) is 33.5 Å². The van der Waals surface area contributed by atoms with E-state index in [1.54, 1.807) is 13.0 Å². The van der Waals surface area contributed by atoms with Crippen LogP contribution in [0.4, 0.5) is 0 Å². The van der Waals surface area contributed by atoms with Crippen LogP contribution in [0, 0.1) is 0 Å². The van der Waals surface area contributed by atoms with E-state index in [1.807, 2.05) is 50.2 Å². The highest BCUT2D eigenvalue weighted by atomic mass is 16.6. The summed E-state index contributed by atoms with van der Waals surface area (Å²) in [5.41, 5.74) is 1.35. The second kappa shape index (κ2) is 5.85. The molecule has 0 amide bonds. The third kappa shape index (κ3) is 3.12. The molecule has 1 rings (SSSR count). The lowest BCUT2D eigenvalue weighted by molar-refractivity contribution is -0.173. The summed E-state index contributed by atoms with van der Waals surface area (Å²) >= 11 is 0. The Balaban J connectivity index is 3.30. The van der Waals surface area contributed by atoms with Gasteiger partial charge in [-0.1, -0.05) is 43.5 Å². The molecule has 0 heterocycles. The fraction of sp³-hybridized carbons (Fsp3) is 0.312. The van der Waals surface area contributed by atoms with Crippen LogP contribution in [0.3, 0.4) is 0 Å². The molecule has 1 unspecified atom stereocenters. The highest BCUT2D eigenvalue weighted by Crippen LogP contribution is 2.31. The molecule has 19 heavy (non-hydrogen) atoms. The Bertz CT molecular complexity index is 505. The van der Waals surface area contributed by atoms with E-state index >= 15 is 0 Å². The smallest absolute Gasteiger partial charge is 0.335 e. The highest BCUT2D eigenvalue weighted by molar-refractivity contribution is 5.87. The van der Waals surface area contributed by atoms with Crippen molar-refractivity contribution >= 4 is 12.0 Å². The van der Waals surface area contributed by atoms with Crippen molar-refractivity contribution in [3.05, 3.63) is 54.1 Å². The standard InChI is InChI=1S/C16H21NO2/c1-7-13-10-8-9-11-14(13)16(4,17(5)6)19-15(18)12(2)3/h7-11H,1-2H2,3-6H3. The molecule has 0 bridgehead atoms. The van der Waals surface area contributed by atoms with Crippen LogP contribution >= 0.6 is 0 Å². The number of rotatable bonds is 5. The molecule has 0 saturated heterocycles. The normalized spacial score (nSPS) is 13.7. The van der Waals surface area contributed by atoms with Crippen LogP contribution in [0.2, 0.25) is 0 Å². The molecule has 1 aromatic carbocycles. The van der Waals surface area contributed by atoms with Crippen molar-refractivity contribution in [2.45, 2.75) is 19.6 Å². The minimum Gasteiger partial charge on any atom is -0.436 e. The molecule has 0 aliphatic carbocycles. The van der Waals surface area contributed by atoms with Crippen LogP contribution in [0.5, 0.6) is 0 Å². The summed E-state index contributed by atoms with van der Waals surface area (Å²) in [6, 6.07) is 7.72. The summed E-state index contributed by atoms with van der Waals surface area (Å²) in [5.74, 6) is -0.407. The maximum Gasteiger partial charge on any atom is 0.335 e. The molecule has 0 aliphatic rings. The number of hydrogen-bond donors (Lipinski definition) is 0. The first-order chi connectivity index (χ1) is 8.82. The molecule has 0 aromatic heterocycles. The lowest BCUT2D eigenvalue weighted by Gasteiger charge is -2.37. The van der Waals surface area contributed by atoms with Crippen LogP contribution in [-0.4, -0.2) is 25.0 Å². The predicted octanol–water partition coefficient (Wildman–Crippen LogP) is 3.18. The Morgan fingerprint density at radius 3 is 2.42 bits per heavy atom. The van der Waals surface area contributed by atoms with Crippen molar-refractivity contribution in [1.29, 1.82) is 0 Å². The zero-order valence-electron chi connectivity index (χ0n) is 12.1. The number of benzene rings is 1. The van der Waals surface area contributed by atoms with Crippen LogP contribution < -0.4 is 0 Å². The fourth-order valence-electron chi connectivity index (χ4n) is 1.75. The average molecular weight is 259 g/mol. The average Bonchev–Trinajstić information content (AvgIpc) is 2.38. The summed E-state index contributed by atoms with van der Waals surface area (Å²) < 4.78 is 5.63. The topological polar surface area (TPSA) is 29.5 Å². The molecule has 102 valence electrons. The van der Waals surface area contributed by atoms with Crippen LogP contribution in [0.25, 0.3) is 6.08 Å². The number of hydrogen-bond acceptors (Lipinski definition) is 3. The van der Waals surface area contributed by atoms with Gasteiger partial charge in [0.15, 0.2) is 5.72 Å². The first kappa shape index (κ1) is 15.2. The summed E-state index contributed by atoms with van der Waals surface area (Å²) in [4.78, 5) is 13.7. The summed E-state index contributed by atoms with van der Waals surface area (Å²) in [5, 5.41) is 0. The van der Waals surface area contributed by atoms with Gasteiger partial charge < -0.3 is 4.74 Å². The molecule has 1 aromatic rings. The molecule has 0 fully saturated rings. The maximum absolute atomic E-state index is 11.9. The third-order valence-corrected chi connectivity index (χ3v) is 3.17. The lowest BCUT2D eigenvalue weighted by atomic mass is 9.97. The van der Waals surface area contributed by atoms with Gasteiger partial charge in [0.25, 0.3) is 0 Å². The quantitative estimate of drug-likeness (QED) is 0.462. The molecular weight excluding hydrogens is 238 g/mol. The largest absolute Gasteiger partial charge is 0.436 e. The van der Waals surface area contributed by atoms with Crippen LogP contribution in [0.1, 0.15) is 25.0 Å². The summed E-state index contributed by atoms with van der Waals surface area (Å²) in [6.45, 7) is 10.9. The van der Waals surface area contributed by atoms with Crippen molar-refractivity contribution in [3.63, 3.8) is 0 Å². The molecule has 1 atom stereocenters. The fourth-order valence-corrected chi connectivity index (χ4v) is 1.75. The zero-order valence-corrected chi connectivity index (χ0v) is 12.1. The van der Waals surface area contributed by atoms with Gasteiger partial charge in [-0.25, -0.2) is 4.79 Å². The van der Waals surface area contributed by atoms with Gasteiger partial charge in [-0.15, -0.1) is 0 Å². The molecule has 0 radical (unpaired) electrons. The monoisotopic (exact) mass is 259 g/mol. The van der Waals surface area contributed by atoms with E-state index < -0.39 is 11.7 Å². The van der Waals surface area contributed by atoms with Crippen molar-refractivity contribution in [3.8, 4) is 0 Å². The first-order valence-electron chi connectivity index (χ1n) is 6.11. The molecular formula is C16H21NO2. The lowest BCUT2D eigenvalue weighted by Crippen LogP contribution is -2.43. The van der Waals surface area contributed by atoms with E-state index in [0.717, 1.165) is 11.1 Å². The minimum atomic E-state index is -0.860. The number of nitrogens with zero attached hydrogens (tertiary/aromatic N) is 1. The van der Waals surface area contributed by atoms with Crippen LogP contribution in [-0.2, 0) is 15.3 Å². The second-order valence-corrected chi connectivity index (χ2v) is 4.84. The molecule has 0 saturated carbocycles. The van der Waals surface area contributed by atoms with Crippen molar-refractivity contribution in [1.82, 2.24) is 4.90 Å². The molecule has 0 N–H and O–H groups in total. The molecule has 0 aliphatic heterocycles. The van der Waals surface area contributed by atoms with Gasteiger partial charge in [-0.2, -0.15) is 0 Å². The minimum absolute atomic E-state index is 0.379. The number of carbonyl (C=O) groups is 1. The van der Waals surface area contributed by atoms with Crippen molar-refractivity contribution in [2.24, 2.45) is 0 Å². The van der Waals surface area contributed by atoms with E-state index in [1.165, 1.54) is 0 Å². The summed E-state index contributed by atoms with van der Waals surface area (Å²) in [6.07, 6.45) is 1.76. The molecule has 3 nitrogen and oxygen atoms in total. The second-order valence-electron chi connectivity index (χ2n) is 4.84. The van der Waals surface area contributed by atoms with E-state index in [0.29, 0.717) is 5.57 Å². The Morgan fingerprint density at radius 1 is 1.37 bits per heavy atom. The summed E-state index contributed by atoms with van der Waals surface area (Å²) in [7, 11) is 3.73. The molecule has 3 heteroatoms. The van der Waals surface area contributed by atoms with E-state index in [4.69, 9.17) is 4.74 Å². The Labute approximate surface area is 115 Å². The van der Waals surface area contributed by atoms with E-state index in [2.05, 4.69) is 13.2 Å². The van der Waals surface area contributed by atoms with E-state index in [9.17, 15) is 4.79 Å². The van der Waals surface area contributed by atoms with Gasteiger partial charge in [0, 0.05) is 11.1 Å². The number of carbonyl (C=O) groups excluding carboxylic acids is 1. The zero-order chi connectivity index (χ0) is 14.6. The third-order valence-electron chi connectivity index (χ3n) is 3.17. The SMILES string of the molecule is C=Cc1ccccc1C(C)(OC(=O)C(=C)C)N(C)C. The van der Waals surface area contributed by atoms with Gasteiger partial charge in [0.05, 0.1) is 0 Å². The highest BCUT2D eigenvalue weighted by Gasteiger charge is 2.35. The Kier molecular flexibility index (Phi) is 4.67. The van der Waals surface area contributed by atoms with Gasteiger partial charge in [0.1, 0.15) is 0 Å². The van der Waals surface area contributed by atoms with Gasteiger partial charge >= 0.3 is 5.97 Å². The van der Waals surface area contributed by atoms with Crippen molar-refractivity contribution < 1.29 is 9.53 Å². The van der Waals surface area contributed by atoms with E-state index in [-0.39, 0.29) is 0 Å². The van der Waals surface area contributed by atoms with Crippen LogP contribution in [0.15, 0.2) is 43.0 Å². The predicted molar refractivity (Wildman–Crippen MR) is 78.5 cm³/mol. The number of esters is 1. The Hall–Kier alpha value is -1.87. The first-order valence-corrected chi connectivity index (χ1v) is 6.11. The van der Waals surface area contributed by atoms with Gasteiger partial charge in [-0.3, -0.25) is 4.90 Å². The van der Waals surface area contributed by atoms with Crippen molar-refractivity contribution in [2.75, 3.05) is 14.1 Å². The van der Waals surface area contributed by atoms with Gasteiger partial charge in [0.2, 0.25) is 0 Å². The molecule has 0 spiro atoms. The number of ether oxygens (including phenoxy) is 1.